The third-order valence-electron chi connectivity index (χ3n) is 2.36. The van der Waals surface area contributed by atoms with Crippen LogP contribution in [0, 0.1) is 0 Å². The topological polar surface area (TPSA) is 56.7 Å². The molecular formula is C14H31IN4OS. The number of nitrogens with one attached hydrogen (secondary N) is 2. The highest BCUT2D eigenvalue weighted by Crippen LogP contribution is 1.99. The van der Waals surface area contributed by atoms with Crippen LogP contribution < -0.4 is 10.6 Å². The first kappa shape index (κ1) is 23.1. The Kier molecular flexibility index (Phi) is 13.6. The molecule has 0 aromatic heterocycles. The number of carbonyl (C=O) groups excluding carboxylic acids is 1. The molecule has 0 aromatic rings. The Morgan fingerprint density at radius 1 is 1.33 bits per heavy atom. The normalized spacial score (nSPS) is 11.6. The summed E-state index contributed by atoms with van der Waals surface area (Å²) in [5, 5.41) is 6.17. The number of nitrogens with zero attached hydrogens (tertiary/aromatic N) is 2. The Bertz CT molecular complexity index is 319. The van der Waals surface area contributed by atoms with Crippen LogP contribution >= 0.6 is 35.7 Å². The van der Waals surface area contributed by atoms with Crippen molar-refractivity contribution in [2.75, 3.05) is 38.7 Å². The maximum Gasteiger partial charge on any atom is 0.240 e. The Morgan fingerprint density at radius 3 is 2.43 bits per heavy atom. The number of thioether (sulfide) groups is 1. The molecule has 0 unspecified atom stereocenters. The van der Waals surface area contributed by atoms with Crippen LogP contribution in [0.4, 0.5) is 0 Å². The third kappa shape index (κ3) is 13.2. The van der Waals surface area contributed by atoms with Crippen LogP contribution in [0.25, 0.3) is 0 Å². The predicted octanol–water partition coefficient (Wildman–Crippen LogP) is 2.17. The van der Waals surface area contributed by atoms with E-state index in [2.05, 4.69) is 21.9 Å². The molecule has 7 heteroatoms. The van der Waals surface area contributed by atoms with Crippen LogP contribution in [-0.2, 0) is 4.79 Å². The molecule has 0 radical (unpaired) electrons. The second-order valence-corrected chi connectivity index (χ2v) is 6.72. The monoisotopic (exact) mass is 430 g/mol. The third-order valence-corrected chi connectivity index (χ3v) is 3.06. The Hall–Kier alpha value is -0.180. The number of likely N-dealkylation sites (N-methyl/N-ethyl adjacent to an activating group) is 1. The fraction of sp³-hybridized carbons (Fsp3) is 0.857. The van der Waals surface area contributed by atoms with E-state index in [4.69, 9.17) is 0 Å². The van der Waals surface area contributed by atoms with Gasteiger partial charge in [-0.3, -0.25) is 9.79 Å². The Morgan fingerprint density at radius 2 is 1.95 bits per heavy atom. The largest absolute Gasteiger partial charge is 0.357 e. The molecule has 2 N–H and O–H groups in total. The van der Waals surface area contributed by atoms with E-state index < -0.39 is 0 Å². The van der Waals surface area contributed by atoms with Gasteiger partial charge in [-0.25, -0.2) is 0 Å². The van der Waals surface area contributed by atoms with E-state index in [0.29, 0.717) is 6.54 Å². The summed E-state index contributed by atoms with van der Waals surface area (Å²) in [5.74, 6) is 1.91. The summed E-state index contributed by atoms with van der Waals surface area (Å²) in [6, 6.07) is 0. The molecule has 5 nitrogen and oxygen atoms in total. The summed E-state index contributed by atoms with van der Waals surface area (Å²) in [7, 11) is 1.89. The molecule has 0 aromatic carbocycles. The van der Waals surface area contributed by atoms with Crippen LogP contribution in [0.3, 0.4) is 0 Å². The van der Waals surface area contributed by atoms with Crippen molar-refractivity contribution < 1.29 is 4.79 Å². The van der Waals surface area contributed by atoms with Crippen molar-refractivity contribution in [2.24, 2.45) is 4.99 Å². The molecule has 0 rings (SSSR count). The van der Waals surface area contributed by atoms with Crippen molar-refractivity contribution in [2.45, 2.75) is 39.7 Å². The van der Waals surface area contributed by atoms with E-state index in [0.717, 1.165) is 31.2 Å². The molecule has 0 aliphatic heterocycles. The molecule has 0 bridgehead atoms. The molecule has 0 aliphatic carbocycles. The molecule has 0 spiro atoms. The summed E-state index contributed by atoms with van der Waals surface area (Å²) in [5.41, 5.74) is -0.203. The maximum absolute atomic E-state index is 11.9. The van der Waals surface area contributed by atoms with E-state index in [1.807, 2.05) is 51.4 Å². The lowest BCUT2D eigenvalue weighted by atomic mass is 10.1. The molecule has 126 valence electrons. The highest BCUT2D eigenvalue weighted by atomic mass is 127. The van der Waals surface area contributed by atoms with Crippen LogP contribution in [0.5, 0.6) is 0 Å². The number of carbonyl (C=O) groups is 1. The molecule has 1 amide bonds. The average Bonchev–Trinajstić information content (AvgIpc) is 2.30. The first-order valence-electron chi connectivity index (χ1n) is 7.09. The van der Waals surface area contributed by atoms with Gasteiger partial charge < -0.3 is 15.5 Å². The smallest absolute Gasteiger partial charge is 0.240 e. The highest BCUT2D eigenvalue weighted by Gasteiger charge is 2.16. The zero-order valence-corrected chi connectivity index (χ0v) is 17.3. The van der Waals surface area contributed by atoms with Crippen molar-refractivity contribution in [1.29, 1.82) is 0 Å². The number of halogens is 1. The fourth-order valence-electron chi connectivity index (χ4n) is 1.61. The number of guanidine groups is 1. The van der Waals surface area contributed by atoms with Crippen LogP contribution in [0.1, 0.15) is 34.1 Å². The summed E-state index contributed by atoms with van der Waals surface area (Å²) < 4.78 is 0. The summed E-state index contributed by atoms with van der Waals surface area (Å²) in [4.78, 5) is 18.3. The number of aliphatic imine (C=N–C) groups is 1. The summed E-state index contributed by atoms with van der Waals surface area (Å²) in [6.45, 7) is 9.86. The van der Waals surface area contributed by atoms with Crippen molar-refractivity contribution in [3.05, 3.63) is 0 Å². The lowest BCUT2D eigenvalue weighted by Crippen LogP contribution is -2.48. The van der Waals surface area contributed by atoms with Crippen LogP contribution in [0.2, 0.25) is 0 Å². The van der Waals surface area contributed by atoms with Gasteiger partial charge >= 0.3 is 0 Å². The standard InChI is InChI=1S/C14H30N4OS.HI/c1-7-15-13(16-9-8-10-20-6)18(5)11-12(19)17-14(2,3)4;/h7-11H2,1-6H3,(H,15,16)(H,17,19);1H. The van der Waals surface area contributed by atoms with E-state index >= 15 is 0 Å². The number of hydrogen-bond donors (Lipinski definition) is 2. The van der Waals surface area contributed by atoms with E-state index in [-0.39, 0.29) is 35.4 Å². The van der Waals surface area contributed by atoms with Crippen LogP contribution in [-0.4, -0.2) is 61.0 Å². The highest BCUT2D eigenvalue weighted by molar-refractivity contribution is 14.0. The zero-order chi connectivity index (χ0) is 15.6. The Labute approximate surface area is 151 Å². The van der Waals surface area contributed by atoms with E-state index in [1.54, 1.807) is 0 Å². The Balaban J connectivity index is 0. The molecule has 21 heavy (non-hydrogen) atoms. The molecular weight excluding hydrogens is 399 g/mol. The average molecular weight is 430 g/mol. The fourth-order valence-corrected chi connectivity index (χ4v) is 2.03. The van der Waals surface area contributed by atoms with Gasteiger partial charge in [0.05, 0.1) is 6.54 Å². The first-order valence-corrected chi connectivity index (χ1v) is 8.49. The van der Waals surface area contributed by atoms with Gasteiger partial charge in [0, 0.05) is 25.7 Å². The number of amides is 1. The van der Waals surface area contributed by atoms with Crippen molar-refractivity contribution in [1.82, 2.24) is 15.5 Å². The minimum atomic E-state index is -0.203. The quantitative estimate of drug-likeness (QED) is 0.281. The minimum absolute atomic E-state index is 0. The molecule has 0 saturated heterocycles. The van der Waals surface area contributed by atoms with Gasteiger partial charge in [0.1, 0.15) is 0 Å². The molecule has 0 saturated carbocycles. The molecule has 0 heterocycles. The lowest BCUT2D eigenvalue weighted by Gasteiger charge is -2.25. The number of rotatable bonds is 7. The summed E-state index contributed by atoms with van der Waals surface area (Å²) >= 11 is 1.82. The van der Waals surface area contributed by atoms with Gasteiger partial charge in [-0.15, -0.1) is 24.0 Å². The van der Waals surface area contributed by atoms with Gasteiger partial charge in [-0.05, 0) is 46.1 Å². The first-order chi connectivity index (χ1) is 9.30. The SMILES string of the molecule is CCNC(=NCCCSC)N(C)CC(=O)NC(C)(C)C.I. The zero-order valence-electron chi connectivity index (χ0n) is 14.2. The predicted molar refractivity (Wildman–Crippen MR) is 105 cm³/mol. The van der Waals surface area contributed by atoms with Gasteiger partial charge in [0.2, 0.25) is 5.91 Å². The minimum Gasteiger partial charge on any atom is -0.357 e. The van der Waals surface area contributed by atoms with Gasteiger partial charge in [-0.1, -0.05) is 0 Å². The number of hydrogen-bond acceptors (Lipinski definition) is 3. The van der Waals surface area contributed by atoms with Crippen molar-refractivity contribution >= 4 is 47.6 Å². The van der Waals surface area contributed by atoms with Crippen molar-refractivity contribution in [3.63, 3.8) is 0 Å². The second-order valence-electron chi connectivity index (χ2n) is 5.74. The lowest BCUT2D eigenvalue weighted by molar-refractivity contribution is -0.122. The van der Waals surface area contributed by atoms with Gasteiger partial charge in [0.25, 0.3) is 0 Å². The van der Waals surface area contributed by atoms with E-state index in [1.165, 1.54) is 0 Å². The molecule has 0 aliphatic rings. The van der Waals surface area contributed by atoms with Gasteiger partial charge in [0.15, 0.2) is 5.96 Å². The van der Waals surface area contributed by atoms with Crippen molar-refractivity contribution in [3.8, 4) is 0 Å². The van der Waals surface area contributed by atoms with Gasteiger partial charge in [-0.2, -0.15) is 11.8 Å². The molecule has 0 atom stereocenters. The molecule has 0 fully saturated rings. The summed E-state index contributed by atoms with van der Waals surface area (Å²) in [6.07, 6.45) is 3.15. The second kappa shape index (κ2) is 12.4. The van der Waals surface area contributed by atoms with E-state index in [9.17, 15) is 4.79 Å². The van der Waals surface area contributed by atoms with Crippen LogP contribution in [0.15, 0.2) is 4.99 Å². The maximum atomic E-state index is 11.9.